The van der Waals surface area contributed by atoms with Crippen molar-refractivity contribution >= 4 is 13.1 Å². The van der Waals surface area contributed by atoms with Crippen LogP contribution >= 0.6 is 0 Å². The van der Waals surface area contributed by atoms with Gasteiger partial charge in [0.25, 0.3) is 0 Å². The van der Waals surface area contributed by atoms with E-state index in [-0.39, 0.29) is 0 Å². The Morgan fingerprint density at radius 1 is 1.36 bits per heavy atom. The molecule has 0 saturated carbocycles. The minimum absolute atomic E-state index is 0.343. The molecule has 62 valence electrons. The second-order valence-electron chi connectivity index (χ2n) is 2.26. The molecule has 0 aliphatic rings. The quantitative estimate of drug-likeness (QED) is 0.344. The van der Waals surface area contributed by atoms with Gasteiger partial charge in [0.1, 0.15) is 0 Å². The van der Waals surface area contributed by atoms with Crippen LogP contribution in [0.15, 0.2) is 0 Å². The van der Waals surface area contributed by atoms with Gasteiger partial charge in [0.2, 0.25) is 0 Å². The number of nitrogens with two attached hydrogens (primary N) is 1. The normalized spacial score (nSPS) is 8.82. The molecule has 0 unspecified atom stereocenters. The van der Waals surface area contributed by atoms with E-state index in [0.717, 1.165) is 26.4 Å². The van der Waals surface area contributed by atoms with E-state index >= 15 is 0 Å². The number of hydrogen-bond donors (Lipinski definition) is 1. The first-order valence-electron chi connectivity index (χ1n) is 3.64. The monoisotopic (exact) mass is 157 g/mol. The molecule has 0 fully saturated rings. The van der Waals surface area contributed by atoms with Gasteiger partial charge in [-0.05, 0) is 0 Å². The van der Waals surface area contributed by atoms with Crippen molar-refractivity contribution in [1.29, 1.82) is 0 Å². The average molecular weight is 157 g/mol. The second kappa shape index (κ2) is 7.40. The fourth-order valence-electron chi connectivity index (χ4n) is 0.733. The summed E-state index contributed by atoms with van der Waals surface area (Å²) in [5, 5.41) is 0. The summed E-state index contributed by atoms with van der Waals surface area (Å²) >= 11 is 0. The van der Waals surface area contributed by atoms with Crippen molar-refractivity contribution in [2.45, 2.75) is 32.0 Å². The van der Waals surface area contributed by atoms with Gasteiger partial charge in [-0.3, -0.25) is 0 Å². The summed E-state index contributed by atoms with van der Waals surface area (Å²) in [7, 11) is 0.876. The van der Waals surface area contributed by atoms with Crippen LogP contribution in [0.4, 0.5) is 0 Å². The zero-order valence-electron chi connectivity index (χ0n) is 6.41. The van der Waals surface area contributed by atoms with E-state index in [1.807, 2.05) is 0 Å². The molecule has 5 heteroatoms. The first kappa shape index (κ1) is 10.3. The van der Waals surface area contributed by atoms with Crippen LogP contribution < -0.4 is 5.90 Å². The third-order valence-electron chi connectivity index (χ3n) is 1.33. The Labute approximate surface area is 66.3 Å². The van der Waals surface area contributed by atoms with Gasteiger partial charge in [-0.1, -0.05) is 0 Å². The van der Waals surface area contributed by atoms with Crippen LogP contribution in [0.3, 0.4) is 0 Å². The molecule has 0 heterocycles. The van der Waals surface area contributed by atoms with Crippen LogP contribution in [0.5, 0.6) is 0 Å². The van der Waals surface area contributed by atoms with E-state index in [1.165, 1.54) is 0 Å². The van der Waals surface area contributed by atoms with Crippen LogP contribution in [0.2, 0.25) is 6.32 Å². The van der Waals surface area contributed by atoms with E-state index < -0.39 is 5.97 Å². The molecule has 0 rings (SSSR count). The summed E-state index contributed by atoms with van der Waals surface area (Å²) < 4.78 is 9.85. The average Bonchev–Trinajstić information content (AvgIpc) is 2.04. The molecule has 0 atom stereocenters. The van der Waals surface area contributed by atoms with E-state index in [0.29, 0.717) is 12.7 Å². The van der Waals surface area contributed by atoms with Gasteiger partial charge in [0.15, 0.2) is 0 Å². The summed E-state index contributed by atoms with van der Waals surface area (Å²) in [5.41, 5.74) is 0. The number of unbranched alkanes of at least 4 members (excludes halogenated alkanes) is 2. The molecule has 0 amide bonds. The number of carbonyl (C=O) groups excluding carboxylic acids is 1. The molecule has 0 aliphatic heterocycles. The van der Waals surface area contributed by atoms with Gasteiger partial charge in [-0.2, -0.15) is 0 Å². The zero-order valence-corrected chi connectivity index (χ0v) is 6.41. The molecule has 0 spiro atoms. The second-order valence-corrected chi connectivity index (χ2v) is 2.26. The van der Waals surface area contributed by atoms with E-state index in [2.05, 4.69) is 10.7 Å². The topological polar surface area (TPSA) is 69.4 Å². The van der Waals surface area contributed by atoms with E-state index in [1.54, 1.807) is 0 Å². The molecule has 11 heavy (non-hydrogen) atoms. The van der Waals surface area contributed by atoms with Gasteiger partial charge < -0.3 is 0 Å². The molecule has 0 aromatic heterocycles. The molecule has 2 N–H and O–H groups in total. The zero-order chi connectivity index (χ0) is 8.53. The fraction of sp³-hybridized carbons (Fsp3) is 0.833. The first-order chi connectivity index (χ1) is 5.31. The van der Waals surface area contributed by atoms with Crippen LogP contribution in [0, 0.1) is 0 Å². The predicted molar refractivity (Wildman–Crippen MR) is 40.0 cm³/mol. The van der Waals surface area contributed by atoms with E-state index in [9.17, 15) is 9.50 Å². The molecule has 0 aromatic carbocycles. The molecule has 0 aromatic rings. The Bertz CT molecular complexity index is 129. The summed E-state index contributed by atoms with van der Waals surface area (Å²) in [6.45, 7) is 0. The minimum atomic E-state index is -0.392. The fourth-order valence-corrected chi connectivity index (χ4v) is 0.733. The number of rotatable bonds is 6. The maximum atomic E-state index is 10.4. The third-order valence-corrected chi connectivity index (χ3v) is 1.33. The van der Waals surface area contributed by atoms with Crippen LogP contribution in [-0.4, -0.2) is 13.1 Å². The summed E-state index contributed by atoms with van der Waals surface area (Å²) in [4.78, 5) is 14.4. The van der Waals surface area contributed by atoms with Gasteiger partial charge in [-0.15, -0.1) is 0 Å². The van der Waals surface area contributed by atoms with Crippen LogP contribution in [0.25, 0.3) is 0 Å². The summed E-state index contributed by atoms with van der Waals surface area (Å²) in [5.74, 6) is 4.21. The Balaban J connectivity index is 3.01. The Hall–Kier alpha value is -0.705. The summed E-state index contributed by atoms with van der Waals surface area (Å²) in [6.07, 6.45) is 3.35. The molecule has 0 radical (unpaired) electrons. The Morgan fingerprint density at radius 2 is 2.09 bits per heavy atom. The molecule has 0 saturated heterocycles. The van der Waals surface area contributed by atoms with E-state index in [4.69, 9.17) is 0 Å². The molecular formula is C6H12BNO3. The van der Waals surface area contributed by atoms with Gasteiger partial charge >= 0.3 is 65.4 Å². The van der Waals surface area contributed by atoms with Crippen molar-refractivity contribution in [3.05, 3.63) is 0 Å². The Morgan fingerprint density at radius 3 is 2.64 bits per heavy atom. The SMILES string of the molecule is NOC(=O)CCCCCB=O. The van der Waals surface area contributed by atoms with Crippen molar-refractivity contribution in [3.8, 4) is 0 Å². The van der Waals surface area contributed by atoms with Crippen LogP contribution in [0.1, 0.15) is 25.7 Å². The van der Waals surface area contributed by atoms with Crippen molar-refractivity contribution < 1.29 is 14.3 Å². The number of hydrogen-bond acceptors (Lipinski definition) is 4. The maximum absolute atomic E-state index is 10.4. The Kier molecular flexibility index (Phi) is 6.93. The molecule has 0 aliphatic carbocycles. The summed E-state index contributed by atoms with van der Waals surface area (Å²) in [6, 6.07) is 0. The van der Waals surface area contributed by atoms with Gasteiger partial charge in [0, 0.05) is 0 Å². The standard InChI is InChI=1S/C6H12BNO3/c8-11-6(9)4-2-1-3-5-7-10/h1-5,8H2. The van der Waals surface area contributed by atoms with Crippen molar-refractivity contribution in [3.63, 3.8) is 0 Å². The molecule has 0 bridgehead atoms. The van der Waals surface area contributed by atoms with Crippen molar-refractivity contribution in [2.24, 2.45) is 5.90 Å². The first-order valence-corrected chi connectivity index (χ1v) is 3.64. The van der Waals surface area contributed by atoms with Gasteiger partial charge in [0.05, 0.1) is 0 Å². The number of carbonyl (C=O) groups is 1. The van der Waals surface area contributed by atoms with Crippen molar-refractivity contribution in [2.75, 3.05) is 0 Å². The molecular weight excluding hydrogens is 145 g/mol. The third kappa shape index (κ3) is 7.19. The predicted octanol–water partition coefficient (Wildman–Crippen LogP) is 0.432. The van der Waals surface area contributed by atoms with Gasteiger partial charge in [-0.25, -0.2) is 0 Å². The van der Waals surface area contributed by atoms with Crippen LogP contribution in [-0.2, 0) is 14.3 Å². The molecule has 4 nitrogen and oxygen atoms in total. The van der Waals surface area contributed by atoms with Crippen molar-refractivity contribution in [1.82, 2.24) is 0 Å².